The minimum absolute atomic E-state index is 0.0180. The Labute approximate surface area is 203 Å². The Morgan fingerprint density at radius 3 is 2.53 bits per heavy atom. The monoisotopic (exact) mass is 469 g/mol. The van der Waals surface area contributed by atoms with Crippen molar-refractivity contribution in [1.29, 1.82) is 0 Å². The zero-order chi connectivity index (χ0) is 24.7. The van der Waals surface area contributed by atoms with Crippen LogP contribution >= 0.6 is 0 Å². The number of amides is 3. The van der Waals surface area contributed by atoms with Crippen molar-refractivity contribution in [3.8, 4) is 5.75 Å². The summed E-state index contributed by atoms with van der Waals surface area (Å²) in [5.41, 5.74) is 1.77. The number of hydrogen-bond donors (Lipinski definition) is 2. The van der Waals surface area contributed by atoms with Crippen molar-refractivity contribution < 1.29 is 19.1 Å². The molecule has 0 saturated carbocycles. The first-order valence-electron chi connectivity index (χ1n) is 12.4. The summed E-state index contributed by atoms with van der Waals surface area (Å²) in [5.74, 6) is 0.301. The number of piperidine rings is 1. The molecule has 0 aliphatic carbocycles. The molecule has 0 aromatic heterocycles. The van der Waals surface area contributed by atoms with Crippen molar-refractivity contribution >= 4 is 17.7 Å². The first kappa shape index (κ1) is 25.8. The average molecular weight is 470 g/mol. The van der Waals surface area contributed by atoms with E-state index in [2.05, 4.69) is 23.6 Å². The fourth-order valence-corrected chi connectivity index (χ4v) is 4.84. The van der Waals surface area contributed by atoms with Gasteiger partial charge >= 0.3 is 0 Å². The van der Waals surface area contributed by atoms with Gasteiger partial charge in [0, 0.05) is 33.0 Å². The second-order valence-electron chi connectivity index (χ2n) is 10.1. The number of likely N-dealkylation sites (tertiary alicyclic amines) is 1. The average Bonchev–Trinajstić information content (AvgIpc) is 2.81. The predicted molar refractivity (Wildman–Crippen MR) is 133 cm³/mol. The Bertz CT molecular complexity index is 916. The summed E-state index contributed by atoms with van der Waals surface area (Å²) in [6, 6.07) is 6.87. The number of nitrogens with one attached hydrogen (secondary N) is 2. The van der Waals surface area contributed by atoms with Gasteiger partial charge in [-0.3, -0.25) is 14.4 Å². The molecule has 1 saturated heterocycles. The molecule has 0 radical (unpaired) electrons. The number of para-hydroxylation sites is 1. The lowest BCUT2D eigenvalue weighted by Gasteiger charge is -2.43. The van der Waals surface area contributed by atoms with Crippen LogP contribution in [0.2, 0.25) is 0 Å². The van der Waals surface area contributed by atoms with Gasteiger partial charge in [-0.05, 0) is 56.1 Å². The van der Waals surface area contributed by atoms with Crippen molar-refractivity contribution in [1.82, 2.24) is 15.5 Å². The van der Waals surface area contributed by atoms with Crippen LogP contribution in [0.4, 0.5) is 0 Å². The van der Waals surface area contributed by atoms with E-state index in [1.165, 1.54) is 12.5 Å². The normalized spacial score (nSPS) is 21.5. The third-order valence-corrected chi connectivity index (χ3v) is 7.10. The molecule has 2 heterocycles. The lowest BCUT2D eigenvalue weighted by Crippen LogP contribution is -2.55. The van der Waals surface area contributed by atoms with Crippen molar-refractivity contribution in [3.63, 3.8) is 0 Å². The van der Waals surface area contributed by atoms with Crippen LogP contribution < -0.4 is 15.4 Å². The van der Waals surface area contributed by atoms with Gasteiger partial charge in [0.15, 0.2) is 0 Å². The quantitative estimate of drug-likeness (QED) is 0.661. The van der Waals surface area contributed by atoms with Crippen molar-refractivity contribution in [3.05, 3.63) is 41.5 Å². The van der Waals surface area contributed by atoms with E-state index in [4.69, 9.17) is 4.74 Å². The van der Waals surface area contributed by atoms with E-state index in [1.807, 2.05) is 36.9 Å². The molecule has 7 nitrogen and oxygen atoms in total. The summed E-state index contributed by atoms with van der Waals surface area (Å²) in [4.78, 5) is 39.6. The molecule has 1 spiro atoms. The Morgan fingerprint density at radius 2 is 1.85 bits per heavy atom. The lowest BCUT2D eigenvalue weighted by atomic mass is 9.74. The van der Waals surface area contributed by atoms with Gasteiger partial charge in [-0.25, -0.2) is 0 Å². The van der Waals surface area contributed by atoms with Gasteiger partial charge in [0.25, 0.3) is 5.91 Å². The molecular weight excluding hydrogens is 430 g/mol. The van der Waals surface area contributed by atoms with Crippen LogP contribution in [0.5, 0.6) is 5.75 Å². The molecule has 2 aliphatic rings. The van der Waals surface area contributed by atoms with Gasteiger partial charge in [-0.2, -0.15) is 0 Å². The number of benzene rings is 1. The van der Waals surface area contributed by atoms with Gasteiger partial charge in [-0.15, -0.1) is 0 Å². The van der Waals surface area contributed by atoms with E-state index in [-0.39, 0.29) is 29.1 Å². The van der Waals surface area contributed by atoms with Gasteiger partial charge < -0.3 is 20.3 Å². The fraction of sp³-hybridized carbons (Fsp3) is 0.593. The molecule has 1 aromatic carbocycles. The van der Waals surface area contributed by atoms with Gasteiger partial charge in [0.05, 0.1) is 12.2 Å². The first-order chi connectivity index (χ1) is 16.2. The van der Waals surface area contributed by atoms with E-state index in [9.17, 15) is 14.4 Å². The van der Waals surface area contributed by atoms with Crippen LogP contribution in [0.25, 0.3) is 0 Å². The van der Waals surface area contributed by atoms with Crippen LogP contribution in [-0.2, 0) is 9.59 Å². The number of nitrogens with zero attached hydrogens (tertiary/aromatic N) is 1. The Balaban J connectivity index is 1.74. The first-order valence-corrected chi connectivity index (χ1v) is 12.4. The van der Waals surface area contributed by atoms with Crippen molar-refractivity contribution in [2.45, 2.75) is 65.8 Å². The number of ether oxygens (including phenoxy) is 1. The molecule has 1 aromatic rings. The number of fused-ring (bicyclic) bond motifs is 1. The van der Waals surface area contributed by atoms with E-state index in [0.717, 1.165) is 32.1 Å². The summed E-state index contributed by atoms with van der Waals surface area (Å²) < 4.78 is 5.91. The highest BCUT2D eigenvalue weighted by molar-refractivity contribution is 5.97. The highest BCUT2D eigenvalue weighted by atomic mass is 16.5. The van der Waals surface area contributed by atoms with E-state index < -0.39 is 6.04 Å². The number of carbonyl (C=O) groups is 3. The Kier molecular flexibility index (Phi) is 8.75. The summed E-state index contributed by atoms with van der Waals surface area (Å²) in [5, 5.41) is 5.97. The smallest absolute Gasteiger partial charge is 0.255 e. The molecule has 3 rings (SSSR count). The maximum Gasteiger partial charge on any atom is 0.255 e. The highest BCUT2D eigenvalue weighted by Crippen LogP contribution is 2.37. The summed E-state index contributed by atoms with van der Waals surface area (Å²) in [7, 11) is 0. The SMILES string of the molecule is CC(=O)N[C@@H](C(=O)N1CCC2(CC/C=C(\C)CCOc3ccccc3C(=O)NC2)CC1)C(C)C. The molecule has 1 atom stereocenters. The van der Waals surface area contributed by atoms with Crippen molar-refractivity contribution in [2.24, 2.45) is 11.3 Å². The van der Waals surface area contributed by atoms with Gasteiger partial charge in [0.1, 0.15) is 11.8 Å². The van der Waals surface area contributed by atoms with Crippen molar-refractivity contribution in [2.75, 3.05) is 26.2 Å². The van der Waals surface area contributed by atoms with Gasteiger partial charge in [0.2, 0.25) is 11.8 Å². The molecule has 0 unspecified atom stereocenters. The predicted octanol–water partition coefficient (Wildman–Crippen LogP) is 3.69. The number of hydrogen-bond acceptors (Lipinski definition) is 4. The Hall–Kier alpha value is -2.83. The highest BCUT2D eigenvalue weighted by Gasteiger charge is 2.38. The molecule has 0 bridgehead atoms. The third-order valence-electron chi connectivity index (χ3n) is 7.10. The standard InChI is InChI=1S/C27H39N3O4/c1-19(2)24(29-21(4)31)26(33)30-15-13-27(14-16-30)12-7-8-20(3)11-17-34-23-10-6-5-9-22(23)25(32)28-18-27/h5-6,8-10,19,24H,7,11-18H2,1-4H3,(H,28,32)(H,29,31)/b20-8+/t24-/m1/s1. The molecule has 186 valence electrons. The lowest BCUT2D eigenvalue weighted by molar-refractivity contribution is -0.139. The third kappa shape index (κ3) is 6.61. The largest absolute Gasteiger partial charge is 0.492 e. The molecule has 3 amide bonds. The molecule has 7 heteroatoms. The summed E-state index contributed by atoms with van der Waals surface area (Å²) >= 11 is 0. The summed E-state index contributed by atoms with van der Waals surface area (Å²) in [6.07, 6.45) is 6.62. The fourth-order valence-electron chi connectivity index (χ4n) is 4.84. The molecule has 2 N–H and O–H groups in total. The number of carbonyl (C=O) groups excluding carboxylic acids is 3. The number of rotatable bonds is 3. The van der Waals surface area contributed by atoms with E-state index >= 15 is 0 Å². The van der Waals surface area contributed by atoms with Crippen LogP contribution in [0.3, 0.4) is 0 Å². The van der Waals surface area contributed by atoms with Crippen LogP contribution in [0.1, 0.15) is 70.2 Å². The van der Waals surface area contributed by atoms with Gasteiger partial charge in [-0.1, -0.05) is 37.6 Å². The summed E-state index contributed by atoms with van der Waals surface area (Å²) in [6.45, 7) is 9.83. The second-order valence-corrected chi connectivity index (χ2v) is 10.1. The topological polar surface area (TPSA) is 87.7 Å². The van der Waals surface area contributed by atoms with Crippen LogP contribution in [-0.4, -0.2) is 54.9 Å². The number of allylic oxidation sites excluding steroid dienone is 1. The zero-order valence-electron chi connectivity index (χ0n) is 21.0. The van der Waals surface area contributed by atoms with Crippen LogP contribution in [0, 0.1) is 11.3 Å². The van der Waals surface area contributed by atoms with E-state index in [0.29, 0.717) is 37.6 Å². The van der Waals surface area contributed by atoms with Crippen LogP contribution in [0.15, 0.2) is 35.9 Å². The molecular formula is C27H39N3O4. The molecule has 2 aliphatic heterocycles. The van der Waals surface area contributed by atoms with E-state index in [1.54, 1.807) is 6.07 Å². The Morgan fingerprint density at radius 1 is 1.15 bits per heavy atom. The molecule has 1 fully saturated rings. The molecule has 34 heavy (non-hydrogen) atoms. The minimum atomic E-state index is -0.506. The maximum absolute atomic E-state index is 13.1. The maximum atomic E-state index is 13.1. The second kappa shape index (κ2) is 11.5. The minimum Gasteiger partial charge on any atom is -0.492 e. The zero-order valence-corrected chi connectivity index (χ0v) is 21.0.